The van der Waals surface area contributed by atoms with Crippen molar-refractivity contribution in [3.63, 3.8) is 0 Å². The highest BCUT2D eigenvalue weighted by molar-refractivity contribution is 6.12. The molecule has 0 radical (unpaired) electrons. The van der Waals surface area contributed by atoms with Gasteiger partial charge in [0.1, 0.15) is 17.8 Å². The molecule has 1 aromatic rings. The molecule has 0 bridgehead atoms. The Hall–Kier alpha value is -3.09. The molecule has 0 amide bonds. The molecular weight excluding hydrogens is 446 g/mol. The van der Waals surface area contributed by atoms with Gasteiger partial charge in [-0.05, 0) is 62.6 Å². The van der Waals surface area contributed by atoms with E-state index in [9.17, 15) is 14.4 Å². The van der Waals surface area contributed by atoms with Crippen LogP contribution in [-0.4, -0.2) is 38.0 Å². The van der Waals surface area contributed by atoms with Gasteiger partial charge in [-0.15, -0.1) is 0 Å². The van der Waals surface area contributed by atoms with Gasteiger partial charge in [-0.3, -0.25) is 9.59 Å². The molecule has 1 aliphatic heterocycles. The molecular formula is C28H35NO6. The Morgan fingerprint density at radius 3 is 2.43 bits per heavy atom. The highest BCUT2D eigenvalue weighted by Crippen LogP contribution is 2.46. The van der Waals surface area contributed by atoms with E-state index in [1.165, 1.54) is 7.11 Å². The van der Waals surface area contributed by atoms with Crippen molar-refractivity contribution in [3.05, 3.63) is 52.4 Å². The summed E-state index contributed by atoms with van der Waals surface area (Å²) in [7, 11) is 2.87. The summed E-state index contributed by atoms with van der Waals surface area (Å²) in [6.07, 6.45) is 6.47. The summed E-state index contributed by atoms with van der Waals surface area (Å²) in [4.78, 5) is 40.1. The van der Waals surface area contributed by atoms with Crippen LogP contribution < -0.4 is 10.1 Å². The molecule has 35 heavy (non-hydrogen) atoms. The number of carbonyl (C=O) groups is 3. The number of dihydropyridines is 1. The number of Topliss-reactive ketones (excluding diaryl/α,β-unsaturated/α-hetero) is 1. The maximum atomic E-state index is 13.8. The third-order valence-corrected chi connectivity index (χ3v) is 7.47. The second-order valence-corrected chi connectivity index (χ2v) is 9.83. The van der Waals surface area contributed by atoms with Crippen molar-refractivity contribution in [2.24, 2.45) is 11.8 Å². The van der Waals surface area contributed by atoms with Crippen LogP contribution >= 0.6 is 0 Å². The fraction of sp³-hybridized carbons (Fsp3) is 0.536. The highest BCUT2D eigenvalue weighted by Gasteiger charge is 2.47. The number of rotatable bonds is 5. The van der Waals surface area contributed by atoms with Crippen LogP contribution in [0.3, 0.4) is 0 Å². The zero-order valence-electron chi connectivity index (χ0n) is 21.0. The van der Waals surface area contributed by atoms with Crippen LogP contribution in [0.5, 0.6) is 5.75 Å². The number of allylic oxidation sites excluding steroid dienone is 3. The molecule has 7 heteroatoms. The molecule has 0 spiro atoms. The monoisotopic (exact) mass is 481 g/mol. The SMILES string of the molecule is COC(=O)[C@@H]1C(=O)C2=C(C[C@H]1C)NC(C)=C(C(=O)OC1CCCCCC1)[C@@H]2c1cccc(OC)c1. The Kier molecular flexibility index (Phi) is 7.63. The predicted octanol–water partition coefficient (Wildman–Crippen LogP) is 4.57. The van der Waals surface area contributed by atoms with E-state index in [-0.39, 0.29) is 17.8 Å². The van der Waals surface area contributed by atoms with Crippen LogP contribution in [0.1, 0.15) is 70.3 Å². The maximum absolute atomic E-state index is 13.8. The van der Waals surface area contributed by atoms with E-state index in [0.717, 1.165) is 49.8 Å². The number of hydrogen-bond acceptors (Lipinski definition) is 7. The van der Waals surface area contributed by atoms with Crippen molar-refractivity contribution >= 4 is 17.7 Å². The lowest BCUT2D eigenvalue weighted by atomic mass is 9.69. The summed E-state index contributed by atoms with van der Waals surface area (Å²) in [6, 6.07) is 7.38. The minimum Gasteiger partial charge on any atom is -0.497 e. The summed E-state index contributed by atoms with van der Waals surface area (Å²) in [5.74, 6) is -2.44. The maximum Gasteiger partial charge on any atom is 0.337 e. The van der Waals surface area contributed by atoms with E-state index in [1.54, 1.807) is 7.11 Å². The number of nitrogens with one attached hydrogen (secondary N) is 1. The summed E-state index contributed by atoms with van der Waals surface area (Å²) in [5.41, 5.74) is 3.01. The smallest absolute Gasteiger partial charge is 0.337 e. The van der Waals surface area contributed by atoms with Crippen molar-refractivity contribution in [3.8, 4) is 5.75 Å². The number of ketones is 1. The molecule has 0 unspecified atom stereocenters. The molecule has 2 aliphatic carbocycles. The Balaban J connectivity index is 1.78. The molecule has 1 N–H and O–H groups in total. The molecule has 1 heterocycles. The molecule has 7 nitrogen and oxygen atoms in total. The number of esters is 2. The van der Waals surface area contributed by atoms with Gasteiger partial charge in [0.15, 0.2) is 5.78 Å². The van der Waals surface area contributed by atoms with E-state index in [4.69, 9.17) is 14.2 Å². The lowest BCUT2D eigenvalue weighted by molar-refractivity contribution is -0.151. The van der Waals surface area contributed by atoms with Crippen LogP contribution in [0.2, 0.25) is 0 Å². The van der Waals surface area contributed by atoms with Gasteiger partial charge in [0, 0.05) is 22.9 Å². The van der Waals surface area contributed by atoms with Crippen molar-refractivity contribution < 1.29 is 28.6 Å². The average molecular weight is 482 g/mol. The summed E-state index contributed by atoms with van der Waals surface area (Å²) in [5, 5.41) is 3.32. The Morgan fingerprint density at radius 1 is 1.06 bits per heavy atom. The van der Waals surface area contributed by atoms with E-state index in [0.29, 0.717) is 29.0 Å². The van der Waals surface area contributed by atoms with Crippen LogP contribution in [0.25, 0.3) is 0 Å². The topological polar surface area (TPSA) is 90.9 Å². The molecule has 3 atom stereocenters. The average Bonchev–Trinajstić information content (AvgIpc) is 3.11. The van der Waals surface area contributed by atoms with Crippen LogP contribution in [0, 0.1) is 11.8 Å². The first kappa shape index (κ1) is 25.0. The van der Waals surface area contributed by atoms with Gasteiger partial charge in [0.05, 0.1) is 19.8 Å². The normalized spacial score (nSPS) is 25.4. The molecule has 188 valence electrons. The van der Waals surface area contributed by atoms with E-state index >= 15 is 0 Å². The molecule has 1 fully saturated rings. The van der Waals surface area contributed by atoms with Gasteiger partial charge in [-0.1, -0.05) is 31.9 Å². The van der Waals surface area contributed by atoms with Crippen LogP contribution in [0.15, 0.2) is 46.8 Å². The summed E-state index contributed by atoms with van der Waals surface area (Å²) < 4.78 is 16.4. The second-order valence-electron chi connectivity index (χ2n) is 9.83. The lowest BCUT2D eigenvalue weighted by Gasteiger charge is -2.38. The van der Waals surface area contributed by atoms with Crippen molar-refractivity contribution in [2.75, 3.05) is 14.2 Å². The van der Waals surface area contributed by atoms with Gasteiger partial charge < -0.3 is 19.5 Å². The highest BCUT2D eigenvalue weighted by atomic mass is 16.5. The zero-order chi connectivity index (χ0) is 25.1. The van der Waals surface area contributed by atoms with E-state index < -0.39 is 23.8 Å². The molecule has 0 saturated heterocycles. The van der Waals surface area contributed by atoms with Crippen molar-refractivity contribution in [1.82, 2.24) is 5.32 Å². The van der Waals surface area contributed by atoms with Crippen LogP contribution in [-0.2, 0) is 23.9 Å². The molecule has 3 aliphatic rings. The van der Waals surface area contributed by atoms with Gasteiger partial charge in [-0.25, -0.2) is 4.79 Å². The van der Waals surface area contributed by atoms with Crippen molar-refractivity contribution in [2.45, 2.75) is 70.8 Å². The summed E-state index contributed by atoms with van der Waals surface area (Å²) in [6.45, 7) is 3.72. The number of carbonyl (C=O) groups excluding carboxylic acids is 3. The first-order valence-corrected chi connectivity index (χ1v) is 12.5. The first-order valence-electron chi connectivity index (χ1n) is 12.5. The molecule has 0 aromatic heterocycles. The van der Waals surface area contributed by atoms with Gasteiger partial charge in [0.25, 0.3) is 0 Å². The minimum atomic E-state index is -0.911. The zero-order valence-corrected chi connectivity index (χ0v) is 21.0. The first-order chi connectivity index (χ1) is 16.8. The number of methoxy groups -OCH3 is 2. The van der Waals surface area contributed by atoms with Gasteiger partial charge in [0.2, 0.25) is 0 Å². The van der Waals surface area contributed by atoms with E-state index in [2.05, 4.69) is 5.32 Å². The number of benzene rings is 1. The third-order valence-electron chi connectivity index (χ3n) is 7.47. The molecule has 1 saturated carbocycles. The summed E-state index contributed by atoms with van der Waals surface area (Å²) >= 11 is 0. The number of hydrogen-bond donors (Lipinski definition) is 1. The van der Waals surface area contributed by atoms with Crippen LogP contribution in [0.4, 0.5) is 0 Å². The number of ether oxygens (including phenoxy) is 3. The Bertz CT molecular complexity index is 1060. The Labute approximate surface area is 206 Å². The fourth-order valence-electron chi connectivity index (χ4n) is 5.68. The van der Waals surface area contributed by atoms with Crippen molar-refractivity contribution in [1.29, 1.82) is 0 Å². The second kappa shape index (κ2) is 10.7. The lowest BCUT2D eigenvalue weighted by Crippen LogP contribution is -2.43. The molecule has 4 rings (SSSR count). The minimum absolute atomic E-state index is 0.128. The standard InChI is InChI=1S/C28H35NO6/c1-16-14-21-25(26(30)22(16)27(31)34-4)24(18-10-9-13-20(15-18)33-3)23(17(2)29-21)28(32)35-19-11-7-5-6-8-12-19/h9-10,13,15-16,19,22,24,29H,5-8,11-12,14H2,1-4H3/t16-,22+,24+/m1/s1. The van der Waals surface area contributed by atoms with Gasteiger partial charge in [-0.2, -0.15) is 0 Å². The van der Waals surface area contributed by atoms with E-state index in [1.807, 2.05) is 38.1 Å². The quantitative estimate of drug-likeness (QED) is 0.374. The predicted molar refractivity (Wildman–Crippen MR) is 130 cm³/mol. The Morgan fingerprint density at radius 2 is 1.77 bits per heavy atom. The fourth-order valence-corrected chi connectivity index (χ4v) is 5.68. The largest absolute Gasteiger partial charge is 0.497 e. The molecule has 1 aromatic carbocycles. The third kappa shape index (κ3) is 5.00. The van der Waals surface area contributed by atoms with Gasteiger partial charge >= 0.3 is 11.9 Å².